The average Bonchev–Trinajstić information content (AvgIpc) is 2.21. The monoisotopic (exact) mass is 206 g/mol. The molecule has 0 bridgehead atoms. The molecule has 3 N–H and O–H groups in total. The third-order valence-electron chi connectivity index (χ3n) is 3.36. The predicted octanol–water partition coefficient (Wildman–Crippen LogP) is 2.94. The van der Waals surface area contributed by atoms with Crippen molar-refractivity contribution in [3.8, 4) is 0 Å². The van der Waals surface area contributed by atoms with Crippen molar-refractivity contribution in [3.63, 3.8) is 0 Å². The van der Waals surface area contributed by atoms with E-state index in [1.165, 1.54) is 11.1 Å². The van der Waals surface area contributed by atoms with E-state index >= 15 is 0 Å². The normalized spacial score (nSPS) is 13.9. The average molecular weight is 206 g/mol. The summed E-state index contributed by atoms with van der Waals surface area (Å²) >= 11 is 0. The highest BCUT2D eigenvalue weighted by Crippen LogP contribution is 2.36. The summed E-state index contributed by atoms with van der Waals surface area (Å²) in [5.74, 6) is 5.69. The molecule has 2 nitrogen and oxygen atoms in total. The molecule has 0 aliphatic carbocycles. The molecule has 1 rings (SSSR count). The Morgan fingerprint density at radius 1 is 1.33 bits per heavy atom. The molecule has 0 saturated carbocycles. The molecule has 0 spiro atoms. The first kappa shape index (κ1) is 12.2. The molecular weight excluding hydrogens is 184 g/mol. The Labute approximate surface area is 92.8 Å². The van der Waals surface area contributed by atoms with Crippen LogP contribution in [0.25, 0.3) is 0 Å². The van der Waals surface area contributed by atoms with Crippen LogP contribution in [0, 0.1) is 12.3 Å². The summed E-state index contributed by atoms with van der Waals surface area (Å²) in [4.78, 5) is 0. The summed E-state index contributed by atoms with van der Waals surface area (Å²) in [5.41, 5.74) is 5.71. The van der Waals surface area contributed by atoms with Gasteiger partial charge in [0.1, 0.15) is 0 Å². The standard InChI is InChI=1S/C13H22N2/c1-5-13(3,4)12(15-14)11-9-7-6-8-10(11)2/h6-9,12,15H,5,14H2,1-4H3. The number of aryl methyl sites for hydroxylation is 1. The van der Waals surface area contributed by atoms with Crippen molar-refractivity contribution in [3.05, 3.63) is 35.4 Å². The van der Waals surface area contributed by atoms with Crippen molar-refractivity contribution in [1.29, 1.82) is 0 Å². The minimum absolute atomic E-state index is 0.168. The molecule has 1 aromatic carbocycles. The molecule has 0 aliphatic heterocycles. The predicted molar refractivity (Wildman–Crippen MR) is 65.3 cm³/mol. The van der Waals surface area contributed by atoms with Crippen LogP contribution < -0.4 is 11.3 Å². The van der Waals surface area contributed by atoms with Crippen molar-refractivity contribution < 1.29 is 0 Å². The SMILES string of the molecule is CCC(C)(C)C(NN)c1ccccc1C. The van der Waals surface area contributed by atoms with E-state index in [9.17, 15) is 0 Å². The maximum atomic E-state index is 5.69. The Balaban J connectivity index is 3.08. The van der Waals surface area contributed by atoms with Crippen LogP contribution in [0.2, 0.25) is 0 Å². The van der Waals surface area contributed by atoms with E-state index < -0.39 is 0 Å². The van der Waals surface area contributed by atoms with Crippen molar-refractivity contribution in [2.45, 2.75) is 40.2 Å². The number of hydrogen-bond donors (Lipinski definition) is 2. The van der Waals surface area contributed by atoms with Gasteiger partial charge in [-0.15, -0.1) is 0 Å². The molecule has 0 heterocycles. The van der Waals surface area contributed by atoms with Crippen LogP contribution in [0.4, 0.5) is 0 Å². The summed E-state index contributed by atoms with van der Waals surface area (Å²) in [7, 11) is 0. The van der Waals surface area contributed by atoms with Crippen LogP contribution in [-0.2, 0) is 0 Å². The van der Waals surface area contributed by atoms with Crippen LogP contribution in [-0.4, -0.2) is 0 Å². The second-order valence-corrected chi connectivity index (χ2v) is 4.80. The first-order valence-corrected chi connectivity index (χ1v) is 5.54. The summed E-state index contributed by atoms with van der Waals surface area (Å²) in [5, 5.41) is 0. The van der Waals surface area contributed by atoms with Crippen LogP contribution in [0.3, 0.4) is 0 Å². The van der Waals surface area contributed by atoms with Crippen molar-refractivity contribution in [2.75, 3.05) is 0 Å². The topological polar surface area (TPSA) is 38.0 Å². The fourth-order valence-corrected chi connectivity index (χ4v) is 1.85. The quantitative estimate of drug-likeness (QED) is 0.587. The highest BCUT2D eigenvalue weighted by molar-refractivity contribution is 5.29. The van der Waals surface area contributed by atoms with Gasteiger partial charge < -0.3 is 0 Å². The molecule has 1 unspecified atom stereocenters. The Morgan fingerprint density at radius 2 is 1.93 bits per heavy atom. The Hall–Kier alpha value is -0.860. The maximum absolute atomic E-state index is 5.69. The zero-order valence-corrected chi connectivity index (χ0v) is 10.2. The summed E-state index contributed by atoms with van der Waals surface area (Å²) in [6.07, 6.45) is 1.09. The third-order valence-corrected chi connectivity index (χ3v) is 3.36. The van der Waals surface area contributed by atoms with Gasteiger partial charge in [-0.3, -0.25) is 11.3 Å². The van der Waals surface area contributed by atoms with Gasteiger partial charge in [0.15, 0.2) is 0 Å². The molecule has 15 heavy (non-hydrogen) atoms. The molecule has 0 fully saturated rings. The molecule has 0 saturated heterocycles. The van der Waals surface area contributed by atoms with E-state index in [0.29, 0.717) is 0 Å². The van der Waals surface area contributed by atoms with E-state index in [0.717, 1.165) is 6.42 Å². The van der Waals surface area contributed by atoms with Crippen molar-refractivity contribution >= 4 is 0 Å². The number of hydrogen-bond acceptors (Lipinski definition) is 2. The maximum Gasteiger partial charge on any atom is 0.0513 e. The first-order chi connectivity index (χ1) is 7.03. The number of hydrazine groups is 1. The number of nitrogens with two attached hydrogens (primary N) is 1. The minimum Gasteiger partial charge on any atom is -0.271 e. The molecule has 1 aromatic rings. The molecule has 0 amide bonds. The van der Waals surface area contributed by atoms with Crippen molar-refractivity contribution in [1.82, 2.24) is 5.43 Å². The second kappa shape index (κ2) is 4.77. The fourth-order valence-electron chi connectivity index (χ4n) is 1.85. The summed E-state index contributed by atoms with van der Waals surface area (Å²) < 4.78 is 0. The molecule has 0 aliphatic rings. The minimum atomic E-state index is 0.168. The van der Waals surface area contributed by atoms with Gasteiger partial charge in [0.2, 0.25) is 0 Å². The van der Waals surface area contributed by atoms with Gasteiger partial charge in [-0.25, -0.2) is 0 Å². The zero-order valence-electron chi connectivity index (χ0n) is 10.2. The lowest BCUT2D eigenvalue weighted by Gasteiger charge is -2.34. The molecular formula is C13H22N2. The van der Waals surface area contributed by atoms with E-state index in [1.807, 2.05) is 0 Å². The van der Waals surface area contributed by atoms with E-state index in [-0.39, 0.29) is 11.5 Å². The summed E-state index contributed by atoms with van der Waals surface area (Å²) in [6, 6.07) is 8.62. The molecule has 0 radical (unpaired) electrons. The van der Waals surface area contributed by atoms with Gasteiger partial charge in [0, 0.05) is 0 Å². The van der Waals surface area contributed by atoms with Gasteiger partial charge in [-0.1, -0.05) is 45.0 Å². The highest BCUT2D eigenvalue weighted by Gasteiger charge is 2.28. The Morgan fingerprint density at radius 3 is 2.40 bits per heavy atom. The van der Waals surface area contributed by atoms with Gasteiger partial charge in [0.05, 0.1) is 6.04 Å². The number of nitrogens with one attached hydrogen (secondary N) is 1. The second-order valence-electron chi connectivity index (χ2n) is 4.80. The lowest BCUT2D eigenvalue weighted by atomic mass is 9.77. The van der Waals surface area contributed by atoms with Crippen LogP contribution in [0.15, 0.2) is 24.3 Å². The van der Waals surface area contributed by atoms with Crippen LogP contribution in [0.1, 0.15) is 44.4 Å². The van der Waals surface area contributed by atoms with Gasteiger partial charge in [-0.05, 0) is 29.9 Å². The summed E-state index contributed by atoms with van der Waals surface area (Å²) in [6.45, 7) is 8.81. The van der Waals surface area contributed by atoms with Gasteiger partial charge in [-0.2, -0.15) is 0 Å². The molecule has 2 heteroatoms. The van der Waals surface area contributed by atoms with Crippen molar-refractivity contribution in [2.24, 2.45) is 11.3 Å². The third kappa shape index (κ3) is 2.58. The lowest BCUT2D eigenvalue weighted by molar-refractivity contribution is 0.235. The Bertz CT molecular complexity index is 318. The van der Waals surface area contributed by atoms with E-state index in [1.54, 1.807) is 0 Å². The molecule has 84 valence electrons. The fraction of sp³-hybridized carbons (Fsp3) is 0.538. The smallest absolute Gasteiger partial charge is 0.0513 e. The first-order valence-electron chi connectivity index (χ1n) is 5.54. The van der Waals surface area contributed by atoms with Crippen LogP contribution in [0.5, 0.6) is 0 Å². The Kier molecular flexibility index (Phi) is 3.89. The molecule has 1 atom stereocenters. The number of rotatable bonds is 4. The lowest BCUT2D eigenvalue weighted by Crippen LogP contribution is -2.38. The van der Waals surface area contributed by atoms with Crippen LogP contribution >= 0.6 is 0 Å². The zero-order chi connectivity index (χ0) is 11.5. The van der Waals surface area contributed by atoms with Gasteiger partial charge in [0.25, 0.3) is 0 Å². The van der Waals surface area contributed by atoms with Gasteiger partial charge >= 0.3 is 0 Å². The molecule has 0 aromatic heterocycles. The van der Waals surface area contributed by atoms with E-state index in [2.05, 4.69) is 57.4 Å². The number of benzene rings is 1. The highest BCUT2D eigenvalue weighted by atomic mass is 15.2. The van der Waals surface area contributed by atoms with E-state index in [4.69, 9.17) is 5.84 Å². The largest absolute Gasteiger partial charge is 0.271 e.